The fourth-order valence-electron chi connectivity index (χ4n) is 2.82. The third-order valence-corrected chi connectivity index (χ3v) is 7.73. The minimum atomic E-state index is -0.181. The van der Waals surface area contributed by atoms with E-state index in [1.54, 1.807) is 14.2 Å². The lowest BCUT2D eigenvalue weighted by atomic mass is 10.3. The molecule has 0 atom stereocenters. The number of fused-ring (bicyclic) bond motifs is 2. The third-order valence-electron chi connectivity index (χ3n) is 3.95. The molecule has 0 unspecified atom stereocenters. The molecule has 0 radical (unpaired) electrons. The zero-order chi connectivity index (χ0) is 16.5. The molecule has 4 rings (SSSR count). The summed E-state index contributed by atoms with van der Waals surface area (Å²) in [5.41, 5.74) is 0. The molecule has 0 aliphatic carbocycles. The normalized spacial score (nSPS) is 13.1. The Morgan fingerprint density at radius 1 is 0.708 bits per heavy atom. The van der Waals surface area contributed by atoms with Crippen molar-refractivity contribution in [3.05, 3.63) is 66.7 Å². The van der Waals surface area contributed by atoms with E-state index < -0.39 is 0 Å². The second-order valence-electron chi connectivity index (χ2n) is 5.32. The van der Waals surface area contributed by atoms with Gasteiger partial charge in [-0.05, 0) is 30.3 Å². The topological polar surface area (TPSA) is 18.5 Å². The highest BCUT2D eigenvalue weighted by molar-refractivity contribution is 8.04. The average molecular weight is 353 g/mol. The zero-order valence-electron chi connectivity index (χ0n) is 13.5. The van der Waals surface area contributed by atoms with Crippen molar-refractivity contribution in [2.24, 2.45) is 0 Å². The van der Waals surface area contributed by atoms with Crippen LogP contribution in [0.5, 0.6) is 11.5 Å². The van der Waals surface area contributed by atoms with E-state index in [-0.39, 0.29) is 10.9 Å². The van der Waals surface area contributed by atoms with Gasteiger partial charge in [-0.25, -0.2) is 0 Å². The summed E-state index contributed by atoms with van der Waals surface area (Å²) in [6.45, 7) is 0. The van der Waals surface area contributed by atoms with Crippen molar-refractivity contribution in [3.63, 3.8) is 0 Å². The summed E-state index contributed by atoms with van der Waals surface area (Å²) < 4.78 is 11.0. The van der Waals surface area contributed by atoms with E-state index in [9.17, 15) is 0 Å². The summed E-state index contributed by atoms with van der Waals surface area (Å²) in [6.07, 6.45) is 0. The molecule has 3 aromatic carbocycles. The van der Waals surface area contributed by atoms with E-state index in [1.807, 2.05) is 23.9 Å². The summed E-state index contributed by atoms with van der Waals surface area (Å²) in [5, 5.41) is 0. The van der Waals surface area contributed by atoms with Gasteiger partial charge in [0.1, 0.15) is 16.6 Å². The van der Waals surface area contributed by atoms with Gasteiger partial charge >= 0.3 is 0 Å². The van der Waals surface area contributed by atoms with Crippen molar-refractivity contribution in [2.75, 3.05) is 14.2 Å². The molecular weight excluding hydrogens is 336 g/mol. The minimum Gasteiger partial charge on any atom is -0.497 e. The maximum Gasteiger partial charge on any atom is 0.208 e. The Morgan fingerprint density at radius 2 is 1.33 bits per heavy atom. The number of methoxy groups -OCH3 is 2. The van der Waals surface area contributed by atoms with E-state index in [1.165, 1.54) is 24.5 Å². The number of ether oxygens (including phenoxy) is 2. The highest BCUT2D eigenvalue weighted by Gasteiger charge is 2.39. The predicted octanol–water partition coefficient (Wildman–Crippen LogP) is 5.26. The molecule has 2 nitrogen and oxygen atoms in total. The Labute approximate surface area is 149 Å². The predicted molar refractivity (Wildman–Crippen MR) is 98.7 cm³/mol. The van der Waals surface area contributed by atoms with Gasteiger partial charge in [0.2, 0.25) is 4.90 Å². The zero-order valence-corrected chi connectivity index (χ0v) is 15.1. The molecule has 1 aliphatic heterocycles. The Balaban J connectivity index is 1.95. The molecule has 3 aromatic rings. The smallest absolute Gasteiger partial charge is 0.208 e. The monoisotopic (exact) mass is 353 g/mol. The van der Waals surface area contributed by atoms with Crippen molar-refractivity contribution in [1.82, 2.24) is 0 Å². The summed E-state index contributed by atoms with van der Waals surface area (Å²) >= 11 is 1.84. The standard InChI is InChI=1S/C20H17O2S2/c1-21-14-11-12-18(15(13-14)22-2)24-19-9-5-3-7-16(19)23-17-8-4-6-10-20(17)24/h3-13H,1-2H3/q+1. The van der Waals surface area contributed by atoms with Gasteiger partial charge in [0.15, 0.2) is 15.5 Å². The van der Waals surface area contributed by atoms with Crippen LogP contribution in [0.3, 0.4) is 0 Å². The summed E-state index contributed by atoms with van der Waals surface area (Å²) in [5.74, 6) is 1.68. The van der Waals surface area contributed by atoms with Crippen molar-refractivity contribution in [1.29, 1.82) is 0 Å². The highest BCUT2D eigenvalue weighted by atomic mass is 32.2. The second kappa shape index (κ2) is 6.46. The molecule has 24 heavy (non-hydrogen) atoms. The number of hydrogen-bond acceptors (Lipinski definition) is 3. The van der Waals surface area contributed by atoms with Crippen molar-refractivity contribution in [2.45, 2.75) is 24.5 Å². The van der Waals surface area contributed by atoms with Gasteiger partial charge in [-0.3, -0.25) is 0 Å². The van der Waals surface area contributed by atoms with Crippen LogP contribution in [0.15, 0.2) is 91.2 Å². The summed E-state index contributed by atoms with van der Waals surface area (Å²) in [7, 11) is 3.22. The van der Waals surface area contributed by atoms with Gasteiger partial charge in [-0.15, -0.1) is 0 Å². The molecule has 1 aliphatic rings. The van der Waals surface area contributed by atoms with E-state index in [0.717, 1.165) is 11.5 Å². The SMILES string of the molecule is COc1ccc([S+]2c3ccccc3Sc3ccccc32)c(OC)c1. The van der Waals surface area contributed by atoms with Crippen LogP contribution >= 0.6 is 11.8 Å². The number of benzene rings is 3. The molecule has 0 spiro atoms. The van der Waals surface area contributed by atoms with E-state index in [4.69, 9.17) is 9.47 Å². The fraction of sp³-hybridized carbons (Fsp3) is 0.100. The maximum atomic E-state index is 5.69. The third kappa shape index (κ3) is 2.56. The van der Waals surface area contributed by atoms with Gasteiger partial charge in [0.25, 0.3) is 0 Å². The van der Waals surface area contributed by atoms with Gasteiger partial charge in [0, 0.05) is 12.1 Å². The van der Waals surface area contributed by atoms with Gasteiger partial charge in [0.05, 0.1) is 24.0 Å². The molecule has 0 aromatic heterocycles. The molecule has 0 N–H and O–H groups in total. The Hall–Kier alpha value is -2.04. The lowest BCUT2D eigenvalue weighted by Gasteiger charge is -2.20. The molecule has 0 amide bonds. The largest absolute Gasteiger partial charge is 0.497 e. The van der Waals surface area contributed by atoms with Crippen molar-refractivity contribution >= 4 is 22.7 Å². The van der Waals surface area contributed by atoms with Crippen LogP contribution in [0.1, 0.15) is 0 Å². The lowest BCUT2D eigenvalue weighted by molar-refractivity contribution is 0.387. The van der Waals surface area contributed by atoms with Crippen molar-refractivity contribution < 1.29 is 9.47 Å². The molecule has 0 bridgehead atoms. The maximum absolute atomic E-state index is 5.69. The first-order chi connectivity index (χ1) is 11.8. The average Bonchev–Trinajstić information content (AvgIpc) is 2.65. The molecule has 0 fully saturated rings. The molecule has 120 valence electrons. The van der Waals surface area contributed by atoms with E-state index >= 15 is 0 Å². The number of hydrogen-bond donors (Lipinski definition) is 0. The second-order valence-corrected chi connectivity index (χ2v) is 8.33. The van der Waals surface area contributed by atoms with Crippen LogP contribution in [0.4, 0.5) is 0 Å². The van der Waals surface area contributed by atoms with Crippen LogP contribution in [-0.2, 0) is 10.9 Å². The molecule has 0 saturated heterocycles. The first kappa shape index (κ1) is 15.5. The first-order valence-electron chi connectivity index (χ1n) is 7.64. The minimum absolute atomic E-state index is 0.181. The van der Waals surface area contributed by atoms with Crippen LogP contribution in [0.25, 0.3) is 0 Å². The van der Waals surface area contributed by atoms with Gasteiger partial charge in [-0.2, -0.15) is 0 Å². The molecule has 1 heterocycles. The number of rotatable bonds is 3. The van der Waals surface area contributed by atoms with Gasteiger partial charge in [-0.1, -0.05) is 36.0 Å². The van der Waals surface area contributed by atoms with Crippen LogP contribution in [0.2, 0.25) is 0 Å². The summed E-state index contributed by atoms with van der Waals surface area (Å²) in [4.78, 5) is 6.53. The Morgan fingerprint density at radius 3 is 1.92 bits per heavy atom. The Bertz CT molecular complexity index is 847. The van der Waals surface area contributed by atoms with Gasteiger partial charge < -0.3 is 9.47 Å². The summed E-state index contributed by atoms with van der Waals surface area (Å²) in [6, 6.07) is 23.4. The van der Waals surface area contributed by atoms with Crippen LogP contribution in [-0.4, -0.2) is 14.2 Å². The van der Waals surface area contributed by atoms with E-state index in [0.29, 0.717) is 0 Å². The molecular formula is C20H17O2S2+. The van der Waals surface area contributed by atoms with Crippen molar-refractivity contribution in [3.8, 4) is 11.5 Å². The van der Waals surface area contributed by atoms with Crippen LogP contribution in [0, 0.1) is 0 Å². The fourth-order valence-corrected chi connectivity index (χ4v) is 6.67. The highest BCUT2D eigenvalue weighted by Crippen LogP contribution is 2.50. The molecule has 4 heteroatoms. The molecule has 0 saturated carbocycles. The quantitative estimate of drug-likeness (QED) is 0.468. The Kier molecular flexibility index (Phi) is 4.17. The van der Waals surface area contributed by atoms with E-state index in [2.05, 4.69) is 54.6 Å². The first-order valence-corrected chi connectivity index (χ1v) is 9.68. The van der Waals surface area contributed by atoms with Crippen LogP contribution < -0.4 is 9.47 Å². The lowest BCUT2D eigenvalue weighted by Crippen LogP contribution is -2.12.